The van der Waals surface area contributed by atoms with Gasteiger partial charge in [-0.2, -0.15) is 0 Å². The molecule has 3 heterocycles. The van der Waals surface area contributed by atoms with Gasteiger partial charge in [-0.1, -0.05) is 12.5 Å². The maximum atomic E-state index is 12.2. The van der Waals surface area contributed by atoms with Crippen LogP contribution in [0.3, 0.4) is 0 Å². The van der Waals surface area contributed by atoms with Gasteiger partial charge < -0.3 is 9.73 Å². The Morgan fingerprint density at radius 2 is 2.14 bits per heavy atom. The highest BCUT2D eigenvalue weighted by Gasteiger charge is 2.24. The molecular weight excluding hydrogens is 364 g/mol. The molecule has 22 heavy (non-hydrogen) atoms. The normalized spacial score (nSPS) is 17.3. The molecule has 6 heteroatoms. The van der Waals surface area contributed by atoms with Crippen LogP contribution in [0.25, 0.3) is 0 Å². The molecular formula is C16H19BrN2O2S. The Labute approximate surface area is 142 Å². The molecule has 1 saturated heterocycles. The van der Waals surface area contributed by atoms with Crippen LogP contribution < -0.4 is 5.32 Å². The summed E-state index contributed by atoms with van der Waals surface area (Å²) < 4.78 is 5.88. The topological polar surface area (TPSA) is 45.5 Å². The Morgan fingerprint density at radius 1 is 1.32 bits per heavy atom. The largest absolute Gasteiger partial charge is 0.444 e. The molecule has 1 atom stereocenters. The quantitative estimate of drug-likeness (QED) is 0.847. The minimum Gasteiger partial charge on any atom is -0.444 e. The monoisotopic (exact) mass is 382 g/mol. The van der Waals surface area contributed by atoms with E-state index in [9.17, 15) is 4.79 Å². The third kappa shape index (κ3) is 3.80. The van der Waals surface area contributed by atoms with Crippen molar-refractivity contribution in [2.75, 3.05) is 19.6 Å². The molecule has 0 spiro atoms. The van der Waals surface area contributed by atoms with Crippen molar-refractivity contribution in [1.29, 1.82) is 0 Å². The summed E-state index contributed by atoms with van der Waals surface area (Å²) in [5.74, 6) is 0.180. The second-order valence-electron chi connectivity index (χ2n) is 5.44. The number of piperidine rings is 1. The molecule has 0 radical (unpaired) electrons. The second kappa shape index (κ2) is 7.44. The van der Waals surface area contributed by atoms with Crippen molar-refractivity contribution in [3.8, 4) is 0 Å². The van der Waals surface area contributed by atoms with E-state index in [1.807, 2.05) is 0 Å². The molecule has 0 saturated carbocycles. The molecule has 0 bridgehead atoms. The lowest BCUT2D eigenvalue weighted by Crippen LogP contribution is -2.40. The van der Waals surface area contributed by atoms with Gasteiger partial charge in [0.1, 0.15) is 0 Å². The lowest BCUT2D eigenvalue weighted by molar-refractivity contribution is 0.0897. The van der Waals surface area contributed by atoms with Crippen LogP contribution in [0, 0.1) is 0 Å². The van der Waals surface area contributed by atoms with E-state index >= 15 is 0 Å². The summed E-state index contributed by atoms with van der Waals surface area (Å²) in [5.41, 5.74) is 0. The van der Waals surface area contributed by atoms with Crippen LogP contribution in [-0.4, -0.2) is 30.4 Å². The van der Waals surface area contributed by atoms with E-state index in [0.29, 0.717) is 17.0 Å². The zero-order valence-corrected chi connectivity index (χ0v) is 14.7. The number of likely N-dealkylation sites (tertiary alicyclic amines) is 1. The number of nitrogens with zero attached hydrogens (tertiary/aromatic N) is 1. The molecule has 1 aliphatic rings. The number of amides is 1. The summed E-state index contributed by atoms with van der Waals surface area (Å²) in [7, 11) is 0. The first-order valence-corrected chi connectivity index (χ1v) is 9.22. The van der Waals surface area contributed by atoms with Crippen molar-refractivity contribution >= 4 is 33.2 Å². The van der Waals surface area contributed by atoms with E-state index in [4.69, 9.17) is 4.42 Å². The fourth-order valence-corrected chi connectivity index (χ4v) is 4.00. The first-order valence-electron chi connectivity index (χ1n) is 7.55. The molecule has 118 valence electrons. The zero-order chi connectivity index (χ0) is 15.4. The van der Waals surface area contributed by atoms with Crippen molar-refractivity contribution in [3.63, 3.8) is 0 Å². The number of thiophene rings is 1. The van der Waals surface area contributed by atoms with Gasteiger partial charge >= 0.3 is 0 Å². The average Bonchev–Trinajstić information content (AvgIpc) is 3.20. The van der Waals surface area contributed by atoms with Crippen molar-refractivity contribution in [3.05, 3.63) is 45.0 Å². The van der Waals surface area contributed by atoms with Gasteiger partial charge in [0.05, 0.1) is 6.04 Å². The summed E-state index contributed by atoms with van der Waals surface area (Å²) in [6.07, 6.45) is 3.78. The predicted octanol–water partition coefficient (Wildman–Crippen LogP) is 4.06. The van der Waals surface area contributed by atoms with E-state index in [1.54, 1.807) is 23.5 Å². The SMILES string of the molecule is O=C(NC[C@H](c1cccs1)N1CCCCC1)c1ccc(Br)o1. The Hall–Kier alpha value is -1.11. The Bertz CT molecular complexity index is 605. The Morgan fingerprint density at radius 3 is 2.77 bits per heavy atom. The number of rotatable bonds is 5. The molecule has 1 N–H and O–H groups in total. The van der Waals surface area contributed by atoms with Crippen molar-refractivity contribution in [2.45, 2.75) is 25.3 Å². The fourth-order valence-electron chi connectivity index (χ4n) is 2.83. The van der Waals surface area contributed by atoms with Gasteiger partial charge in [-0.3, -0.25) is 9.69 Å². The van der Waals surface area contributed by atoms with Crippen LogP contribution in [0.2, 0.25) is 0 Å². The molecule has 0 aromatic carbocycles. The van der Waals surface area contributed by atoms with Crippen LogP contribution in [0.4, 0.5) is 0 Å². The van der Waals surface area contributed by atoms with E-state index in [2.05, 4.69) is 43.7 Å². The number of halogens is 1. The van der Waals surface area contributed by atoms with Crippen molar-refractivity contribution in [2.24, 2.45) is 0 Å². The molecule has 0 unspecified atom stereocenters. The molecule has 1 aliphatic heterocycles. The maximum absolute atomic E-state index is 12.2. The lowest BCUT2D eigenvalue weighted by Gasteiger charge is -2.34. The van der Waals surface area contributed by atoms with Crippen LogP contribution in [0.15, 0.2) is 38.7 Å². The summed E-state index contributed by atoms with van der Waals surface area (Å²) >= 11 is 4.97. The zero-order valence-electron chi connectivity index (χ0n) is 12.3. The molecule has 0 aliphatic carbocycles. The highest BCUT2D eigenvalue weighted by Crippen LogP contribution is 2.27. The predicted molar refractivity (Wildman–Crippen MR) is 91.2 cm³/mol. The summed E-state index contributed by atoms with van der Waals surface area (Å²) in [5, 5.41) is 5.10. The van der Waals surface area contributed by atoms with Gasteiger partial charge in [0.2, 0.25) is 0 Å². The number of furan rings is 1. The van der Waals surface area contributed by atoms with Crippen LogP contribution in [0.5, 0.6) is 0 Å². The highest BCUT2D eigenvalue weighted by molar-refractivity contribution is 9.10. The van der Waals surface area contributed by atoms with Gasteiger partial charge in [-0.15, -0.1) is 11.3 Å². The number of hydrogen-bond donors (Lipinski definition) is 1. The summed E-state index contributed by atoms with van der Waals surface area (Å²) in [6.45, 7) is 2.81. The maximum Gasteiger partial charge on any atom is 0.287 e. The lowest BCUT2D eigenvalue weighted by atomic mass is 10.1. The van der Waals surface area contributed by atoms with Gasteiger partial charge in [0, 0.05) is 11.4 Å². The van der Waals surface area contributed by atoms with Crippen molar-refractivity contribution < 1.29 is 9.21 Å². The molecule has 2 aromatic rings. The minimum absolute atomic E-state index is 0.163. The highest BCUT2D eigenvalue weighted by atomic mass is 79.9. The fraction of sp³-hybridized carbons (Fsp3) is 0.438. The second-order valence-corrected chi connectivity index (χ2v) is 7.20. The smallest absolute Gasteiger partial charge is 0.287 e. The number of nitrogens with one attached hydrogen (secondary N) is 1. The molecule has 1 amide bonds. The third-order valence-corrected chi connectivity index (χ3v) is 5.36. The number of carbonyl (C=O) groups is 1. The van der Waals surface area contributed by atoms with E-state index < -0.39 is 0 Å². The van der Waals surface area contributed by atoms with E-state index in [-0.39, 0.29) is 11.9 Å². The first-order chi connectivity index (χ1) is 10.7. The summed E-state index contributed by atoms with van der Waals surface area (Å²) in [4.78, 5) is 16.0. The van der Waals surface area contributed by atoms with E-state index in [0.717, 1.165) is 13.1 Å². The molecule has 3 rings (SSSR count). The number of hydrogen-bond acceptors (Lipinski definition) is 4. The van der Waals surface area contributed by atoms with Gasteiger partial charge in [0.15, 0.2) is 10.4 Å². The Balaban J connectivity index is 1.66. The molecule has 1 fully saturated rings. The van der Waals surface area contributed by atoms with E-state index in [1.165, 1.54) is 24.1 Å². The first kappa shape index (κ1) is 15.8. The minimum atomic E-state index is -0.163. The third-order valence-electron chi connectivity index (χ3n) is 3.96. The standard InChI is InChI=1S/C16H19BrN2O2S/c17-15-7-6-13(21-15)16(20)18-11-12(14-5-4-10-22-14)19-8-2-1-3-9-19/h4-7,10,12H,1-3,8-9,11H2,(H,18,20)/t12-/m1/s1. The van der Waals surface area contributed by atoms with Crippen LogP contribution in [0.1, 0.15) is 40.7 Å². The molecule has 2 aromatic heterocycles. The van der Waals surface area contributed by atoms with Crippen LogP contribution >= 0.6 is 27.3 Å². The Kier molecular flexibility index (Phi) is 5.33. The summed E-state index contributed by atoms with van der Waals surface area (Å²) in [6, 6.07) is 7.89. The van der Waals surface area contributed by atoms with Crippen molar-refractivity contribution in [1.82, 2.24) is 10.2 Å². The van der Waals surface area contributed by atoms with Gasteiger partial charge in [-0.25, -0.2) is 0 Å². The van der Waals surface area contributed by atoms with Crippen LogP contribution in [-0.2, 0) is 0 Å². The molecule has 4 nitrogen and oxygen atoms in total. The number of carbonyl (C=O) groups excluding carboxylic acids is 1. The van der Waals surface area contributed by atoms with Gasteiger partial charge in [0.25, 0.3) is 5.91 Å². The van der Waals surface area contributed by atoms with Gasteiger partial charge in [-0.05, 0) is 65.4 Å². The average molecular weight is 383 g/mol.